The van der Waals surface area contributed by atoms with Gasteiger partial charge in [-0.05, 0) is 32.0 Å². The van der Waals surface area contributed by atoms with Crippen LogP contribution in [0, 0.1) is 6.92 Å². The minimum atomic E-state index is -3.70. The van der Waals surface area contributed by atoms with Gasteiger partial charge in [-0.15, -0.1) is 0 Å². The van der Waals surface area contributed by atoms with Crippen molar-refractivity contribution in [3.05, 3.63) is 42.0 Å². The number of ether oxygens (including phenoxy) is 2. The van der Waals surface area contributed by atoms with Crippen molar-refractivity contribution in [3.8, 4) is 5.75 Å². The molecule has 9 nitrogen and oxygen atoms in total. The highest BCUT2D eigenvalue weighted by Crippen LogP contribution is 2.30. The fraction of sp³-hybridized carbons (Fsp3) is 0.389. The van der Waals surface area contributed by atoms with Gasteiger partial charge in [0, 0.05) is 19.3 Å². The number of carbonyl (C=O) groups excluding carboxylic acids is 1. The molecule has 10 heteroatoms. The highest BCUT2D eigenvalue weighted by molar-refractivity contribution is 7.89. The van der Waals surface area contributed by atoms with Crippen LogP contribution in [0.4, 0.5) is 5.69 Å². The lowest BCUT2D eigenvalue weighted by molar-refractivity contribution is 0.0730. The summed E-state index contributed by atoms with van der Waals surface area (Å²) in [5.74, 6) is -0.133. The molecular weight excluding hydrogens is 384 g/mol. The predicted octanol–water partition coefficient (Wildman–Crippen LogP) is 1.46. The summed E-state index contributed by atoms with van der Waals surface area (Å²) < 4.78 is 37.9. The molecule has 0 aliphatic carbocycles. The van der Waals surface area contributed by atoms with Gasteiger partial charge in [-0.2, -0.15) is 4.31 Å². The number of benzene rings is 1. The van der Waals surface area contributed by atoms with Crippen molar-refractivity contribution in [1.82, 2.24) is 14.3 Å². The van der Waals surface area contributed by atoms with E-state index in [1.165, 1.54) is 34.9 Å². The molecule has 0 spiro atoms. The molecule has 1 aliphatic heterocycles. The smallest absolute Gasteiger partial charge is 0.275 e. The van der Waals surface area contributed by atoms with Crippen molar-refractivity contribution in [1.29, 1.82) is 0 Å². The fourth-order valence-corrected chi connectivity index (χ4v) is 4.12. The average molecular weight is 406 g/mol. The molecule has 2 heterocycles. The van der Waals surface area contributed by atoms with E-state index in [2.05, 4.69) is 15.3 Å². The summed E-state index contributed by atoms with van der Waals surface area (Å²) in [6, 6.07) is 4.40. The van der Waals surface area contributed by atoms with Gasteiger partial charge in [0.2, 0.25) is 10.0 Å². The Morgan fingerprint density at radius 2 is 2.00 bits per heavy atom. The first-order valence-electron chi connectivity index (χ1n) is 8.86. The van der Waals surface area contributed by atoms with Gasteiger partial charge in [0.25, 0.3) is 5.91 Å². The van der Waals surface area contributed by atoms with Crippen LogP contribution in [0.5, 0.6) is 5.75 Å². The van der Waals surface area contributed by atoms with E-state index in [1.54, 1.807) is 13.8 Å². The second kappa shape index (κ2) is 8.63. The lowest BCUT2D eigenvalue weighted by Crippen LogP contribution is -2.40. The number of nitrogens with zero attached hydrogens (tertiary/aromatic N) is 3. The number of hydrogen-bond donors (Lipinski definition) is 1. The Balaban J connectivity index is 1.91. The van der Waals surface area contributed by atoms with Crippen LogP contribution in [0.15, 0.2) is 35.5 Å². The van der Waals surface area contributed by atoms with Crippen LogP contribution in [0.1, 0.15) is 23.1 Å². The van der Waals surface area contributed by atoms with Crippen LogP contribution in [0.2, 0.25) is 0 Å². The highest BCUT2D eigenvalue weighted by Gasteiger charge is 2.27. The molecule has 1 saturated heterocycles. The maximum Gasteiger partial charge on any atom is 0.275 e. The van der Waals surface area contributed by atoms with Gasteiger partial charge in [-0.25, -0.2) is 13.4 Å². The van der Waals surface area contributed by atoms with Crippen LogP contribution in [0.3, 0.4) is 0 Å². The van der Waals surface area contributed by atoms with E-state index in [4.69, 9.17) is 9.47 Å². The second-order valence-corrected chi connectivity index (χ2v) is 8.04. The van der Waals surface area contributed by atoms with E-state index in [0.29, 0.717) is 31.3 Å². The van der Waals surface area contributed by atoms with Gasteiger partial charge < -0.3 is 14.8 Å². The van der Waals surface area contributed by atoms with Gasteiger partial charge in [0.1, 0.15) is 11.4 Å². The number of amides is 1. The summed E-state index contributed by atoms with van der Waals surface area (Å²) in [4.78, 5) is 20.7. The molecule has 1 fully saturated rings. The summed E-state index contributed by atoms with van der Waals surface area (Å²) in [7, 11) is -3.70. The average Bonchev–Trinajstić information content (AvgIpc) is 2.70. The molecule has 0 bridgehead atoms. The summed E-state index contributed by atoms with van der Waals surface area (Å²) in [5.41, 5.74) is 1.06. The third kappa shape index (κ3) is 4.46. The monoisotopic (exact) mass is 406 g/mol. The Morgan fingerprint density at radius 3 is 2.64 bits per heavy atom. The zero-order chi connectivity index (χ0) is 20.1. The molecule has 28 heavy (non-hydrogen) atoms. The fourth-order valence-electron chi connectivity index (χ4n) is 2.68. The van der Waals surface area contributed by atoms with E-state index in [9.17, 15) is 13.2 Å². The molecule has 0 radical (unpaired) electrons. The molecular formula is C18H22N4O5S. The SMILES string of the molecule is CCOc1ccc(S(=O)(=O)N2CCOCC2)cc1NC(=O)c1cnc(C)cn1. The molecule has 1 N–H and O–H groups in total. The third-order valence-electron chi connectivity index (χ3n) is 4.12. The van der Waals surface area contributed by atoms with Crippen molar-refractivity contribution < 1.29 is 22.7 Å². The molecule has 1 aliphatic rings. The summed E-state index contributed by atoms with van der Waals surface area (Å²) >= 11 is 0. The third-order valence-corrected chi connectivity index (χ3v) is 6.02. The minimum absolute atomic E-state index is 0.0724. The maximum atomic E-state index is 12.9. The predicted molar refractivity (Wildman–Crippen MR) is 102 cm³/mol. The lowest BCUT2D eigenvalue weighted by atomic mass is 10.2. The standard InChI is InChI=1S/C18H22N4O5S/c1-3-27-17-5-4-14(28(24,25)22-6-8-26-9-7-22)10-15(17)21-18(23)16-12-19-13(2)11-20-16/h4-5,10-12H,3,6-9H2,1-2H3,(H,21,23). The van der Waals surface area contributed by atoms with E-state index < -0.39 is 15.9 Å². The zero-order valence-electron chi connectivity index (χ0n) is 15.7. The molecule has 0 atom stereocenters. The first-order chi connectivity index (χ1) is 13.4. The van der Waals surface area contributed by atoms with Crippen LogP contribution < -0.4 is 10.1 Å². The molecule has 0 saturated carbocycles. The van der Waals surface area contributed by atoms with Crippen LogP contribution in [-0.4, -0.2) is 61.5 Å². The number of nitrogens with one attached hydrogen (secondary N) is 1. The van der Waals surface area contributed by atoms with Gasteiger partial charge in [0.15, 0.2) is 0 Å². The Hall–Kier alpha value is -2.56. The normalized spacial score (nSPS) is 15.2. The van der Waals surface area contributed by atoms with Crippen LogP contribution >= 0.6 is 0 Å². The number of sulfonamides is 1. The number of aromatic nitrogens is 2. The van der Waals surface area contributed by atoms with E-state index in [0.717, 1.165) is 0 Å². The molecule has 3 rings (SSSR count). The minimum Gasteiger partial charge on any atom is -0.492 e. The highest BCUT2D eigenvalue weighted by atomic mass is 32.2. The Bertz CT molecular complexity index is 941. The van der Waals surface area contributed by atoms with Crippen molar-refractivity contribution in [2.24, 2.45) is 0 Å². The molecule has 1 amide bonds. The first-order valence-corrected chi connectivity index (χ1v) is 10.3. The molecule has 150 valence electrons. The second-order valence-electron chi connectivity index (χ2n) is 6.10. The lowest BCUT2D eigenvalue weighted by Gasteiger charge is -2.26. The maximum absolute atomic E-state index is 12.9. The van der Waals surface area contributed by atoms with Crippen molar-refractivity contribution in [3.63, 3.8) is 0 Å². The zero-order valence-corrected chi connectivity index (χ0v) is 16.5. The molecule has 1 aromatic carbocycles. The molecule has 2 aromatic rings. The van der Waals surface area contributed by atoms with Gasteiger partial charge in [-0.3, -0.25) is 9.78 Å². The Labute approximate surface area is 163 Å². The summed E-state index contributed by atoms with van der Waals surface area (Å²) in [6.07, 6.45) is 2.84. The van der Waals surface area contributed by atoms with Gasteiger partial charge in [0.05, 0.1) is 42.3 Å². The molecule has 1 aromatic heterocycles. The number of aryl methyl sites for hydroxylation is 1. The van der Waals surface area contributed by atoms with Crippen LogP contribution in [-0.2, 0) is 14.8 Å². The van der Waals surface area contributed by atoms with Crippen molar-refractivity contribution in [2.45, 2.75) is 18.7 Å². The van der Waals surface area contributed by atoms with Crippen molar-refractivity contribution in [2.75, 3.05) is 38.2 Å². The van der Waals surface area contributed by atoms with E-state index >= 15 is 0 Å². The summed E-state index contributed by atoms with van der Waals surface area (Å²) in [6.45, 7) is 5.21. The van der Waals surface area contributed by atoms with Crippen LogP contribution in [0.25, 0.3) is 0 Å². The quantitative estimate of drug-likeness (QED) is 0.773. The van der Waals surface area contributed by atoms with Gasteiger partial charge >= 0.3 is 0 Å². The van der Waals surface area contributed by atoms with E-state index in [-0.39, 0.29) is 29.4 Å². The topological polar surface area (TPSA) is 111 Å². The van der Waals surface area contributed by atoms with Crippen molar-refractivity contribution >= 4 is 21.6 Å². The Kier molecular flexibility index (Phi) is 6.22. The molecule has 0 unspecified atom stereocenters. The number of rotatable bonds is 6. The summed E-state index contributed by atoms with van der Waals surface area (Å²) in [5, 5.41) is 2.67. The number of carbonyl (C=O) groups is 1. The van der Waals surface area contributed by atoms with E-state index in [1.807, 2.05) is 0 Å². The number of anilines is 1. The number of morpholine rings is 1. The van der Waals surface area contributed by atoms with Gasteiger partial charge in [-0.1, -0.05) is 0 Å². The number of hydrogen-bond acceptors (Lipinski definition) is 7. The first kappa shape index (κ1) is 20.2. The largest absolute Gasteiger partial charge is 0.492 e. The Morgan fingerprint density at radius 1 is 1.25 bits per heavy atom.